The van der Waals surface area contributed by atoms with Gasteiger partial charge >= 0.3 is 0 Å². The Hall–Kier alpha value is -0.850. The molecule has 0 spiro atoms. The average Bonchev–Trinajstić information content (AvgIpc) is 2.13. The van der Waals surface area contributed by atoms with E-state index in [0.29, 0.717) is 23.0 Å². The highest BCUT2D eigenvalue weighted by Gasteiger charge is 2.39. The fourth-order valence-electron chi connectivity index (χ4n) is 3.95. The van der Waals surface area contributed by atoms with Gasteiger partial charge in [-0.05, 0) is 56.4 Å². The van der Waals surface area contributed by atoms with Crippen LogP contribution in [0.3, 0.4) is 0 Å². The topological polar surface area (TPSA) is 17.1 Å². The number of ketones is 1. The molecular weight excluding hydrogens is 208 g/mol. The molecule has 1 heteroatoms. The van der Waals surface area contributed by atoms with Crippen LogP contribution in [0, 0.1) is 17.3 Å². The first-order valence-electron chi connectivity index (χ1n) is 6.77. The fourth-order valence-corrected chi connectivity index (χ4v) is 3.95. The molecule has 0 radical (unpaired) electrons. The van der Waals surface area contributed by atoms with Crippen LogP contribution in [0.5, 0.6) is 0 Å². The quantitative estimate of drug-likeness (QED) is 0.616. The van der Waals surface area contributed by atoms with E-state index >= 15 is 0 Å². The molecule has 0 aliphatic heterocycles. The summed E-state index contributed by atoms with van der Waals surface area (Å²) < 4.78 is 0. The van der Waals surface area contributed by atoms with Gasteiger partial charge in [0, 0.05) is 6.42 Å². The summed E-state index contributed by atoms with van der Waals surface area (Å²) in [6, 6.07) is 0. The molecule has 2 unspecified atom stereocenters. The Labute approximate surface area is 105 Å². The molecule has 0 aromatic rings. The summed E-state index contributed by atoms with van der Waals surface area (Å²) >= 11 is 0. The lowest BCUT2D eigenvalue weighted by molar-refractivity contribution is -0.116. The van der Waals surface area contributed by atoms with Crippen molar-refractivity contribution in [2.45, 2.75) is 53.4 Å². The number of hydrogen-bond acceptors (Lipinski definition) is 1. The van der Waals surface area contributed by atoms with Gasteiger partial charge in [0.25, 0.3) is 0 Å². The van der Waals surface area contributed by atoms with Crippen molar-refractivity contribution < 1.29 is 4.79 Å². The Balaban J connectivity index is 2.26. The molecule has 0 saturated carbocycles. The van der Waals surface area contributed by atoms with Crippen LogP contribution >= 0.6 is 0 Å². The minimum absolute atomic E-state index is 0.327. The van der Waals surface area contributed by atoms with Crippen molar-refractivity contribution in [1.29, 1.82) is 0 Å². The Bertz CT molecular complexity index is 384. The van der Waals surface area contributed by atoms with Gasteiger partial charge in [0.1, 0.15) is 0 Å². The molecule has 1 nitrogen and oxygen atoms in total. The Kier molecular flexibility index (Phi) is 3.29. The summed E-state index contributed by atoms with van der Waals surface area (Å²) in [5, 5.41) is 0. The molecule has 0 aromatic carbocycles. The van der Waals surface area contributed by atoms with Gasteiger partial charge < -0.3 is 0 Å². The molecule has 94 valence electrons. The maximum absolute atomic E-state index is 11.7. The Morgan fingerprint density at radius 2 is 1.94 bits per heavy atom. The molecule has 2 aliphatic carbocycles. The monoisotopic (exact) mass is 232 g/mol. The largest absolute Gasteiger partial charge is 0.295 e. The standard InChI is InChI=1S/C16H24O/c1-11-8-13(10-14(17)9-11)15-12(2)6-5-7-16(15,3)4/h6,9,13,15H,5,7-8,10H2,1-4H3. The van der Waals surface area contributed by atoms with Gasteiger partial charge in [0.15, 0.2) is 5.78 Å². The third-order valence-electron chi connectivity index (χ3n) is 4.51. The van der Waals surface area contributed by atoms with Crippen LogP contribution in [0.4, 0.5) is 0 Å². The van der Waals surface area contributed by atoms with E-state index in [4.69, 9.17) is 0 Å². The molecule has 17 heavy (non-hydrogen) atoms. The van der Waals surface area contributed by atoms with Crippen molar-refractivity contribution in [1.82, 2.24) is 0 Å². The molecule has 0 amide bonds. The summed E-state index contributed by atoms with van der Waals surface area (Å²) in [6.45, 7) is 9.08. The number of carbonyl (C=O) groups is 1. The predicted molar refractivity (Wildman–Crippen MR) is 71.8 cm³/mol. The lowest BCUT2D eigenvalue weighted by Crippen LogP contribution is -2.36. The first-order valence-corrected chi connectivity index (χ1v) is 6.77. The molecular formula is C16H24O. The van der Waals surface area contributed by atoms with E-state index < -0.39 is 0 Å². The van der Waals surface area contributed by atoms with Crippen molar-refractivity contribution in [3.8, 4) is 0 Å². The molecule has 0 aromatic heterocycles. The Morgan fingerprint density at radius 3 is 2.53 bits per heavy atom. The predicted octanol–water partition coefficient (Wildman–Crippen LogP) is 4.29. The van der Waals surface area contributed by atoms with Crippen LogP contribution in [-0.4, -0.2) is 5.78 Å². The number of hydrogen-bond donors (Lipinski definition) is 0. The van der Waals surface area contributed by atoms with Crippen molar-refractivity contribution >= 4 is 5.78 Å². The molecule has 2 rings (SSSR count). The van der Waals surface area contributed by atoms with Crippen LogP contribution in [0.2, 0.25) is 0 Å². The molecule has 0 fully saturated rings. The lowest BCUT2D eigenvalue weighted by Gasteiger charge is -2.44. The van der Waals surface area contributed by atoms with E-state index in [1.165, 1.54) is 24.0 Å². The van der Waals surface area contributed by atoms with E-state index in [-0.39, 0.29) is 0 Å². The van der Waals surface area contributed by atoms with Gasteiger partial charge in [-0.25, -0.2) is 0 Å². The fraction of sp³-hybridized carbons (Fsp3) is 0.688. The lowest BCUT2D eigenvalue weighted by atomic mass is 9.61. The van der Waals surface area contributed by atoms with E-state index in [9.17, 15) is 4.79 Å². The average molecular weight is 232 g/mol. The van der Waals surface area contributed by atoms with Gasteiger partial charge in [-0.2, -0.15) is 0 Å². The van der Waals surface area contributed by atoms with E-state index in [1.807, 2.05) is 6.08 Å². The van der Waals surface area contributed by atoms with Gasteiger partial charge in [-0.1, -0.05) is 31.1 Å². The highest BCUT2D eigenvalue weighted by atomic mass is 16.1. The van der Waals surface area contributed by atoms with Crippen molar-refractivity contribution in [2.75, 3.05) is 0 Å². The van der Waals surface area contributed by atoms with Crippen LogP contribution in [0.25, 0.3) is 0 Å². The van der Waals surface area contributed by atoms with Gasteiger partial charge in [-0.15, -0.1) is 0 Å². The van der Waals surface area contributed by atoms with Crippen LogP contribution in [0.15, 0.2) is 23.3 Å². The smallest absolute Gasteiger partial charge is 0.155 e. The minimum Gasteiger partial charge on any atom is -0.295 e. The molecule has 0 N–H and O–H groups in total. The second kappa shape index (κ2) is 4.44. The summed E-state index contributed by atoms with van der Waals surface area (Å²) in [4.78, 5) is 11.7. The maximum atomic E-state index is 11.7. The zero-order valence-electron chi connectivity index (χ0n) is 11.5. The summed E-state index contributed by atoms with van der Waals surface area (Å²) in [7, 11) is 0. The maximum Gasteiger partial charge on any atom is 0.155 e. The minimum atomic E-state index is 0.327. The first kappa shape index (κ1) is 12.6. The summed E-state index contributed by atoms with van der Waals surface area (Å²) in [5.41, 5.74) is 3.12. The molecule has 0 bridgehead atoms. The molecule has 2 atom stereocenters. The molecule has 0 saturated heterocycles. The van der Waals surface area contributed by atoms with E-state index in [0.717, 1.165) is 12.8 Å². The highest BCUT2D eigenvalue weighted by molar-refractivity contribution is 5.91. The van der Waals surface area contributed by atoms with Crippen LogP contribution in [-0.2, 0) is 4.79 Å². The van der Waals surface area contributed by atoms with Gasteiger partial charge in [0.05, 0.1) is 0 Å². The first-order chi connectivity index (χ1) is 7.90. The van der Waals surface area contributed by atoms with Crippen LogP contribution < -0.4 is 0 Å². The highest BCUT2D eigenvalue weighted by Crippen LogP contribution is 2.48. The summed E-state index contributed by atoms with van der Waals surface area (Å²) in [6.07, 6.45) is 8.52. The number of carbonyl (C=O) groups excluding carboxylic acids is 1. The third-order valence-corrected chi connectivity index (χ3v) is 4.51. The van der Waals surface area contributed by atoms with Crippen molar-refractivity contribution in [3.63, 3.8) is 0 Å². The molecule has 2 aliphatic rings. The van der Waals surface area contributed by atoms with Crippen molar-refractivity contribution in [3.05, 3.63) is 23.3 Å². The van der Waals surface area contributed by atoms with Crippen molar-refractivity contribution in [2.24, 2.45) is 17.3 Å². The third kappa shape index (κ3) is 2.53. The SMILES string of the molecule is CC1=CC(=O)CC(C2C(C)=CCCC2(C)C)C1. The second-order valence-corrected chi connectivity index (χ2v) is 6.58. The normalized spacial score (nSPS) is 33.1. The second-order valence-electron chi connectivity index (χ2n) is 6.58. The number of rotatable bonds is 1. The summed E-state index contributed by atoms with van der Waals surface area (Å²) in [5.74, 6) is 1.44. The van der Waals surface area contributed by atoms with E-state index in [2.05, 4.69) is 33.8 Å². The zero-order valence-corrected chi connectivity index (χ0v) is 11.5. The van der Waals surface area contributed by atoms with E-state index in [1.54, 1.807) is 0 Å². The number of allylic oxidation sites excluding steroid dienone is 4. The Morgan fingerprint density at radius 1 is 1.24 bits per heavy atom. The van der Waals surface area contributed by atoms with Crippen LogP contribution in [0.1, 0.15) is 53.4 Å². The van der Waals surface area contributed by atoms with Gasteiger partial charge in [-0.3, -0.25) is 4.79 Å². The zero-order chi connectivity index (χ0) is 12.6. The van der Waals surface area contributed by atoms with Gasteiger partial charge in [0.2, 0.25) is 0 Å². The molecule has 0 heterocycles.